The first-order valence-corrected chi connectivity index (χ1v) is 10.2. The molecule has 0 saturated heterocycles. The van der Waals surface area contributed by atoms with Crippen molar-refractivity contribution in [1.82, 2.24) is 20.2 Å². The topological polar surface area (TPSA) is 78.1 Å². The largest absolute Gasteiger partial charge is 0.346 e. The molecule has 6 nitrogen and oxygen atoms in total. The van der Waals surface area contributed by atoms with Crippen LogP contribution in [-0.2, 0) is 11.3 Å². The van der Waals surface area contributed by atoms with Crippen molar-refractivity contribution in [3.05, 3.63) is 65.5 Å². The number of carbonyl (C=O) groups excluding carboxylic acids is 2. The van der Waals surface area contributed by atoms with Gasteiger partial charge >= 0.3 is 0 Å². The van der Waals surface area contributed by atoms with Crippen molar-refractivity contribution in [2.75, 3.05) is 6.54 Å². The van der Waals surface area contributed by atoms with Gasteiger partial charge in [0.1, 0.15) is 5.82 Å². The number of imidazole rings is 1. The van der Waals surface area contributed by atoms with Gasteiger partial charge in [0.25, 0.3) is 5.91 Å². The normalized spacial score (nSPS) is 15.4. The predicted molar refractivity (Wildman–Crippen MR) is 112 cm³/mol. The first kappa shape index (κ1) is 19.2. The molecule has 0 spiro atoms. The highest BCUT2D eigenvalue weighted by molar-refractivity contribution is 5.98. The van der Waals surface area contributed by atoms with Gasteiger partial charge in [-0.05, 0) is 29.7 Å². The number of hydrogen-bond acceptors (Lipinski definition) is 3. The van der Waals surface area contributed by atoms with Gasteiger partial charge in [-0.15, -0.1) is 0 Å². The Morgan fingerprint density at radius 1 is 1.21 bits per heavy atom. The molecule has 1 aliphatic heterocycles. The summed E-state index contributed by atoms with van der Waals surface area (Å²) in [5.41, 5.74) is 3.63. The lowest BCUT2D eigenvalue weighted by molar-refractivity contribution is -0.122. The standard InChI is InChI=1S/C23H26N4O2/c1-3-15(2)21(22-24-18-10-6-7-11-19(18)25-22)26-20(28)12-13-27-14-16-8-4-5-9-17(16)23(27)29/h4-11,15,21H,3,12-14H2,1-2H3,(H,24,25)(H,26,28)/t15-,21-/m0/s1. The molecule has 2 amide bonds. The lowest BCUT2D eigenvalue weighted by Crippen LogP contribution is -2.36. The monoisotopic (exact) mass is 390 g/mol. The van der Waals surface area contributed by atoms with Crippen LogP contribution in [0.2, 0.25) is 0 Å². The van der Waals surface area contributed by atoms with E-state index in [0.29, 0.717) is 13.1 Å². The number of benzene rings is 2. The molecule has 0 saturated carbocycles. The lowest BCUT2D eigenvalue weighted by Gasteiger charge is -2.23. The molecule has 4 rings (SSSR count). The molecular formula is C23H26N4O2. The lowest BCUT2D eigenvalue weighted by atomic mass is 9.98. The van der Waals surface area contributed by atoms with Crippen molar-refractivity contribution in [3.8, 4) is 0 Å². The molecule has 0 unspecified atom stereocenters. The van der Waals surface area contributed by atoms with Crippen molar-refractivity contribution >= 4 is 22.8 Å². The Morgan fingerprint density at radius 3 is 2.72 bits per heavy atom. The minimum absolute atomic E-state index is 0.00385. The molecule has 0 bridgehead atoms. The zero-order valence-corrected chi connectivity index (χ0v) is 16.8. The Balaban J connectivity index is 1.42. The smallest absolute Gasteiger partial charge is 0.254 e. The van der Waals surface area contributed by atoms with Crippen LogP contribution in [-0.4, -0.2) is 33.2 Å². The molecule has 2 aromatic carbocycles. The minimum Gasteiger partial charge on any atom is -0.346 e. The molecule has 2 heterocycles. The van der Waals surface area contributed by atoms with Gasteiger partial charge in [-0.3, -0.25) is 9.59 Å². The van der Waals surface area contributed by atoms with Gasteiger partial charge in [0.2, 0.25) is 5.91 Å². The number of para-hydroxylation sites is 2. The van der Waals surface area contributed by atoms with Crippen LogP contribution in [0.5, 0.6) is 0 Å². The zero-order valence-electron chi connectivity index (χ0n) is 16.8. The summed E-state index contributed by atoms with van der Waals surface area (Å²) < 4.78 is 0. The number of aromatic amines is 1. The molecule has 3 aromatic rings. The number of fused-ring (bicyclic) bond motifs is 2. The van der Waals surface area contributed by atoms with E-state index < -0.39 is 0 Å². The average molecular weight is 390 g/mol. The first-order chi connectivity index (χ1) is 14.1. The second kappa shape index (κ2) is 8.07. The number of aromatic nitrogens is 2. The maximum atomic E-state index is 12.7. The highest BCUT2D eigenvalue weighted by atomic mass is 16.2. The van der Waals surface area contributed by atoms with Gasteiger partial charge in [0, 0.05) is 25.1 Å². The van der Waals surface area contributed by atoms with Crippen LogP contribution >= 0.6 is 0 Å². The molecule has 2 atom stereocenters. The average Bonchev–Trinajstić information content (AvgIpc) is 3.31. The molecule has 2 N–H and O–H groups in total. The van der Waals surface area contributed by atoms with Gasteiger partial charge in [0.05, 0.1) is 17.1 Å². The third kappa shape index (κ3) is 3.88. The molecule has 0 aliphatic carbocycles. The van der Waals surface area contributed by atoms with Gasteiger partial charge in [-0.1, -0.05) is 50.6 Å². The zero-order chi connectivity index (χ0) is 20.4. The van der Waals surface area contributed by atoms with Crippen molar-refractivity contribution in [1.29, 1.82) is 0 Å². The molecule has 6 heteroatoms. The number of hydrogen-bond donors (Lipinski definition) is 2. The molecule has 0 fully saturated rings. The number of nitrogens with zero attached hydrogens (tertiary/aromatic N) is 2. The van der Waals surface area contributed by atoms with Gasteiger partial charge in [-0.25, -0.2) is 4.98 Å². The summed E-state index contributed by atoms with van der Waals surface area (Å²) in [4.78, 5) is 35.0. The summed E-state index contributed by atoms with van der Waals surface area (Å²) in [6.45, 7) is 5.19. The van der Waals surface area contributed by atoms with E-state index in [-0.39, 0.29) is 30.2 Å². The first-order valence-electron chi connectivity index (χ1n) is 10.2. The molecule has 1 aromatic heterocycles. The van der Waals surface area contributed by atoms with Gasteiger partial charge in [0.15, 0.2) is 0 Å². The van der Waals surface area contributed by atoms with E-state index in [1.807, 2.05) is 48.5 Å². The van der Waals surface area contributed by atoms with E-state index in [4.69, 9.17) is 0 Å². The number of amides is 2. The van der Waals surface area contributed by atoms with E-state index in [9.17, 15) is 9.59 Å². The van der Waals surface area contributed by atoms with Crippen LogP contribution in [0, 0.1) is 5.92 Å². The van der Waals surface area contributed by atoms with Crippen LogP contribution in [0.15, 0.2) is 48.5 Å². The number of H-pyrrole nitrogens is 1. The summed E-state index contributed by atoms with van der Waals surface area (Å²) in [5, 5.41) is 3.13. The van der Waals surface area contributed by atoms with E-state index >= 15 is 0 Å². The Morgan fingerprint density at radius 2 is 1.97 bits per heavy atom. The SMILES string of the molecule is CC[C@H](C)[C@H](NC(=O)CCN1Cc2ccccc2C1=O)c1nc2ccccc2[nH]1. The van der Waals surface area contributed by atoms with Crippen molar-refractivity contribution in [2.45, 2.75) is 39.3 Å². The maximum absolute atomic E-state index is 12.7. The highest BCUT2D eigenvalue weighted by Gasteiger charge is 2.28. The Hall–Kier alpha value is -3.15. The Kier molecular flexibility index (Phi) is 5.34. The van der Waals surface area contributed by atoms with E-state index in [1.165, 1.54) is 0 Å². The van der Waals surface area contributed by atoms with E-state index in [0.717, 1.165) is 34.4 Å². The number of carbonyl (C=O) groups is 2. The summed E-state index contributed by atoms with van der Waals surface area (Å²) in [6, 6.07) is 15.3. The van der Waals surface area contributed by atoms with Crippen molar-refractivity contribution in [3.63, 3.8) is 0 Å². The third-order valence-electron chi connectivity index (χ3n) is 5.74. The summed E-state index contributed by atoms with van der Waals surface area (Å²) >= 11 is 0. The summed E-state index contributed by atoms with van der Waals surface area (Å²) in [5.74, 6) is 0.944. The summed E-state index contributed by atoms with van der Waals surface area (Å²) in [6.07, 6.45) is 1.19. The maximum Gasteiger partial charge on any atom is 0.254 e. The minimum atomic E-state index is -0.189. The molecule has 0 radical (unpaired) electrons. The van der Waals surface area contributed by atoms with E-state index in [2.05, 4.69) is 29.1 Å². The van der Waals surface area contributed by atoms with Gasteiger partial charge in [-0.2, -0.15) is 0 Å². The number of rotatable bonds is 7. The predicted octanol–water partition coefficient (Wildman–Crippen LogP) is 3.81. The second-order valence-electron chi connectivity index (χ2n) is 7.70. The van der Waals surface area contributed by atoms with E-state index in [1.54, 1.807) is 4.90 Å². The van der Waals surface area contributed by atoms with Gasteiger partial charge < -0.3 is 15.2 Å². The molecule has 1 aliphatic rings. The van der Waals surface area contributed by atoms with Crippen LogP contribution in [0.25, 0.3) is 11.0 Å². The fourth-order valence-electron chi connectivity index (χ4n) is 3.81. The highest BCUT2D eigenvalue weighted by Crippen LogP contribution is 2.25. The van der Waals surface area contributed by atoms with Crippen LogP contribution < -0.4 is 5.32 Å². The van der Waals surface area contributed by atoms with Crippen LogP contribution in [0.1, 0.15) is 54.5 Å². The quantitative estimate of drug-likeness (QED) is 0.644. The Bertz CT molecular complexity index is 1010. The Labute approximate surface area is 170 Å². The number of nitrogens with one attached hydrogen (secondary N) is 2. The van der Waals surface area contributed by atoms with Crippen LogP contribution in [0.4, 0.5) is 0 Å². The third-order valence-corrected chi connectivity index (χ3v) is 5.74. The second-order valence-corrected chi connectivity index (χ2v) is 7.70. The molecular weight excluding hydrogens is 364 g/mol. The fraction of sp³-hybridized carbons (Fsp3) is 0.348. The molecule has 150 valence electrons. The molecule has 29 heavy (non-hydrogen) atoms. The van der Waals surface area contributed by atoms with Crippen LogP contribution in [0.3, 0.4) is 0 Å². The summed E-state index contributed by atoms with van der Waals surface area (Å²) in [7, 11) is 0. The van der Waals surface area contributed by atoms with Crippen molar-refractivity contribution < 1.29 is 9.59 Å². The fourth-order valence-corrected chi connectivity index (χ4v) is 3.81. The van der Waals surface area contributed by atoms with Crippen molar-refractivity contribution in [2.24, 2.45) is 5.92 Å².